The van der Waals surface area contributed by atoms with E-state index in [1.54, 1.807) is 19.3 Å². The molecule has 0 saturated carbocycles. The van der Waals surface area contributed by atoms with Crippen molar-refractivity contribution in [1.29, 1.82) is 0 Å². The molecule has 1 aliphatic rings. The number of carbonyl (C=O) groups excluding carboxylic acids is 1. The first-order chi connectivity index (χ1) is 21.1. The Labute approximate surface area is 257 Å². The van der Waals surface area contributed by atoms with E-state index in [4.69, 9.17) is 5.73 Å². The number of primary amides is 1. The summed E-state index contributed by atoms with van der Waals surface area (Å²) in [5, 5.41) is 4.29. The molecule has 2 aromatic carbocycles. The number of anilines is 1. The van der Waals surface area contributed by atoms with E-state index < -0.39 is 23.6 Å². The van der Waals surface area contributed by atoms with E-state index >= 15 is 0 Å². The van der Waals surface area contributed by atoms with Crippen LogP contribution in [0.5, 0.6) is 0 Å². The van der Waals surface area contributed by atoms with Gasteiger partial charge in [-0.05, 0) is 104 Å². The second-order valence-corrected chi connectivity index (χ2v) is 12.5. The highest BCUT2D eigenvalue weighted by Gasteiger charge is 2.34. The normalized spacial score (nSPS) is 15.5. The molecule has 0 aliphatic carbocycles. The molecule has 11 heteroatoms. The van der Waals surface area contributed by atoms with Crippen LogP contribution in [0.1, 0.15) is 52.0 Å². The Morgan fingerprint density at radius 1 is 1.07 bits per heavy atom. The standard InChI is InChI=1S/C33H33F3N6OS/c1-20(25-5-3-4-6-26(25)33(34,35)36)15-23-18-30(44-31(23)32(37)43)42-19-39-27-16-21(7-8-28(27)42)22-9-12-38-29(17-22)40-24-10-13-41(2)14-11-24/h3-9,12,16-20,24H,10-11,13-15H2,1-2H3,(H2,37,43)(H,38,40). The van der Waals surface area contributed by atoms with Gasteiger partial charge in [0.15, 0.2) is 0 Å². The van der Waals surface area contributed by atoms with E-state index in [1.165, 1.54) is 23.5 Å². The van der Waals surface area contributed by atoms with Crippen molar-refractivity contribution in [2.75, 3.05) is 25.5 Å². The summed E-state index contributed by atoms with van der Waals surface area (Å²) in [5.74, 6) is -0.254. The Morgan fingerprint density at radius 2 is 1.82 bits per heavy atom. The fourth-order valence-corrected chi connectivity index (χ4v) is 6.96. The first-order valence-electron chi connectivity index (χ1n) is 14.5. The first kappa shape index (κ1) is 29.8. The Balaban J connectivity index is 1.26. The van der Waals surface area contributed by atoms with Crippen LogP contribution < -0.4 is 11.1 Å². The van der Waals surface area contributed by atoms with Crippen molar-refractivity contribution in [3.05, 3.63) is 94.8 Å². The molecule has 1 amide bonds. The molecule has 1 atom stereocenters. The number of nitrogens with one attached hydrogen (secondary N) is 1. The number of pyridine rings is 1. The van der Waals surface area contributed by atoms with Gasteiger partial charge in [-0.3, -0.25) is 9.36 Å². The fraction of sp³-hybridized carbons (Fsp3) is 0.303. The average Bonchev–Trinajstić information content (AvgIpc) is 3.62. The zero-order valence-electron chi connectivity index (χ0n) is 24.4. The van der Waals surface area contributed by atoms with Gasteiger partial charge in [0.25, 0.3) is 5.91 Å². The van der Waals surface area contributed by atoms with Gasteiger partial charge in [0.1, 0.15) is 17.1 Å². The Bertz CT molecular complexity index is 1800. The van der Waals surface area contributed by atoms with Crippen molar-refractivity contribution in [1.82, 2.24) is 19.4 Å². The lowest BCUT2D eigenvalue weighted by molar-refractivity contribution is -0.138. The molecule has 44 heavy (non-hydrogen) atoms. The third-order valence-corrected chi connectivity index (χ3v) is 9.48. The molecule has 1 saturated heterocycles. The van der Waals surface area contributed by atoms with Gasteiger partial charge in [-0.25, -0.2) is 9.97 Å². The topological polar surface area (TPSA) is 89.1 Å². The molecule has 3 N–H and O–H groups in total. The van der Waals surface area contributed by atoms with Gasteiger partial charge in [0.05, 0.1) is 21.5 Å². The first-order valence-corrected chi connectivity index (χ1v) is 15.4. The van der Waals surface area contributed by atoms with E-state index in [1.807, 2.05) is 41.1 Å². The second-order valence-electron chi connectivity index (χ2n) is 11.5. The van der Waals surface area contributed by atoms with Crippen LogP contribution in [-0.2, 0) is 12.6 Å². The van der Waals surface area contributed by atoms with E-state index in [-0.39, 0.29) is 12.0 Å². The van der Waals surface area contributed by atoms with Crippen molar-refractivity contribution >= 4 is 34.1 Å². The molecule has 0 radical (unpaired) electrons. The lowest BCUT2D eigenvalue weighted by atomic mass is 9.90. The van der Waals surface area contributed by atoms with Gasteiger partial charge in [0, 0.05) is 12.2 Å². The third-order valence-electron chi connectivity index (χ3n) is 8.29. The Morgan fingerprint density at radius 3 is 2.57 bits per heavy atom. The summed E-state index contributed by atoms with van der Waals surface area (Å²) in [7, 11) is 2.14. The number of alkyl halides is 3. The van der Waals surface area contributed by atoms with Crippen LogP contribution in [0.2, 0.25) is 0 Å². The quantitative estimate of drug-likeness (QED) is 0.193. The zero-order chi connectivity index (χ0) is 31.0. The number of benzene rings is 2. The fourth-order valence-electron chi connectivity index (χ4n) is 5.94. The van der Waals surface area contributed by atoms with Crippen molar-refractivity contribution in [3.8, 4) is 16.1 Å². The number of halogens is 3. The van der Waals surface area contributed by atoms with E-state index in [2.05, 4.69) is 33.3 Å². The van der Waals surface area contributed by atoms with Crippen LogP contribution in [0.25, 0.3) is 27.2 Å². The van der Waals surface area contributed by atoms with E-state index in [0.29, 0.717) is 21.5 Å². The third kappa shape index (κ3) is 6.20. The molecule has 1 aliphatic heterocycles. The number of nitrogens with zero attached hydrogens (tertiary/aromatic N) is 4. The van der Waals surface area contributed by atoms with Crippen LogP contribution in [-0.4, -0.2) is 51.5 Å². The lowest BCUT2D eigenvalue weighted by Gasteiger charge is -2.29. The van der Waals surface area contributed by atoms with E-state index in [9.17, 15) is 18.0 Å². The summed E-state index contributed by atoms with van der Waals surface area (Å²) in [4.78, 5) is 24.2. The predicted octanol–water partition coefficient (Wildman–Crippen LogP) is 7.12. The number of thiophene rings is 1. The highest BCUT2D eigenvalue weighted by molar-refractivity contribution is 7.16. The van der Waals surface area contributed by atoms with Crippen LogP contribution >= 0.6 is 11.3 Å². The van der Waals surface area contributed by atoms with Crippen LogP contribution in [0.3, 0.4) is 0 Å². The minimum Gasteiger partial charge on any atom is -0.367 e. The number of carbonyl (C=O) groups is 1. The van der Waals surface area contributed by atoms with Gasteiger partial charge in [0.2, 0.25) is 0 Å². The maximum absolute atomic E-state index is 13.7. The number of aromatic nitrogens is 3. The Hall–Kier alpha value is -4.22. The molecule has 228 valence electrons. The molecule has 4 heterocycles. The van der Waals surface area contributed by atoms with Gasteiger partial charge in [-0.2, -0.15) is 13.2 Å². The predicted molar refractivity (Wildman–Crippen MR) is 168 cm³/mol. The molecular weight excluding hydrogens is 585 g/mol. The number of piperidine rings is 1. The summed E-state index contributed by atoms with van der Waals surface area (Å²) in [5.41, 5.74) is 9.48. The smallest absolute Gasteiger partial charge is 0.367 e. The average molecular weight is 619 g/mol. The van der Waals surface area contributed by atoms with Crippen molar-refractivity contribution in [2.45, 2.75) is 44.3 Å². The molecule has 5 aromatic rings. The van der Waals surface area contributed by atoms with Crippen molar-refractivity contribution in [3.63, 3.8) is 0 Å². The van der Waals surface area contributed by atoms with Gasteiger partial charge in [-0.1, -0.05) is 31.2 Å². The summed E-state index contributed by atoms with van der Waals surface area (Å²) in [6, 6.07) is 17.8. The number of rotatable bonds is 8. The van der Waals surface area contributed by atoms with E-state index in [0.717, 1.165) is 60.0 Å². The maximum Gasteiger partial charge on any atom is 0.416 e. The summed E-state index contributed by atoms with van der Waals surface area (Å²) in [6.07, 6.45) is 1.42. The number of fused-ring (bicyclic) bond motifs is 1. The van der Waals surface area contributed by atoms with Crippen molar-refractivity contribution in [2.24, 2.45) is 5.73 Å². The number of amides is 1. The largest absolute Gasteiger partial charge is 0.416 e. The molecule has 0 bridgehead atoms. The van der Waals surface area contributed by atoms with Gasteiger partial charge >= 0.3 is 6.18 Å². The molecule has 6 rings (SSSR count). The molecule has 3 aromatic heterocycles. The molecule has 0 spiro atoms. The number of likely N-dealkylation sites (tertiary alicyclic amines) is 1. The summed E-state index contributed by atoms with van der Waals surface area (Å²) in [6.45, 7) is 3.86. The van der Waals surface area contributed by atoms with Crippen LogP contribution in [0.4, 0.5) is 19.0 Å². The molecule has 7 nitrogen and oxygen atoms in total. The second kappa shape index (κ2) is 12.0. The van der Waals surface area contributed by atoms with Gasteiger partial charge < -0.3 is 16.0 Å². The highest BCUT2D eigenvalue weighted by Crippen LogP contribution is 2.38. The van der Waals surface area contributed by atoms with Crippen LogP contribution in [0.15, 0.2) is 73.2 Å². The SMILES string of the molecule is CC(Cc1cc(-n2cnc3cc(-c4ccnc(NC5CCN(C)CC5)c4)ccc32)sc1C(N)=O)c1ccccc1C(F)(F)F. The van der Waals surface area contributed by atoms with Crippen molar-refractivity contribution < 1.29 is 18.0 Å². The number of imidazole rings is 1. The minimum atomic E-state index is -4.47. The maximum atomic E-state index is 13.7. The summed E-state index contributed by atoms with van der Waals surface area (Å²) >= 11 is 1.21. The highest BCUT2D eigenvalue weighted by atomic mass is 32.1. The molecular formula is C33H33F3N6OS. The minimum absolute atomic E-state index is 0.185. The van der Waals surface area contributed by atoms with Gasteiger partial charge in [-0.15, -0.1) is 11.3 Å². The Kier molecular flexibility index (Phi) is 8.17. The lowest BCUT2D eigenvalue weighted by Crippen LogP contribution is -2.36. The number of hydrogen-bond acceptors (Lipinski definition) is 6. The molecule has 1 fully saturated rings. The monoisotopic (exact) mass is 618 g/mol. The number of hydrogen-bond donors (Lipinski definition) is 2. The zero-order valence-corrected chi connectivity index (χ0v) is 25.3. The summed E-state index contributed by atoms with van der Waals surface area (Å²) < 4.78 is 42.9. The van der Waals surface area contributed by atoms with Crippen LogP contribution in [0, 0.1) is 0 Å². The molecule has 1 unspecified atom stereocenters. The number of nitrogens with two attached hydrogens (primary N) is 1.